The smallest absolute Gasteiger partial charge is 0.416 e. The van der Waals surface area contributed by atoms with Crippen LogP contribution in [0, 0.1) is 0 Å². The molecule has 5 rings (SSSR count). The molecule has 0 spiro atoms. The van der Waals surface area contributed by atoms with Gasteiger partial charge < -0.3 is 48.7 Å². The molecule has 3 N–H and O–H groups in total. The minimum Gasteiger partial charge on any atom is -0.493 e. The van der Waals surface area contributed by atoms with E-state index < -0.39 is 36.1 Å². The zero-order chi connectivity index (χ0) is 36.8. The number of aromatic nitrogens is 4. The fourth-order valence-corrected chi connectivity index (χ4v) is 5.86. The zero-order valence-corrected chi connectivity index (χ0v) is 28.7. The minimum atomic E-state index is -1.36. The van der Waals surface area contributed by atoms with Crippen LogP contribution in [0.5, 0.6) is 11.5 Å². The lowest BCUT2D eigenvalue weighted by Crippen LogP contribution is -2.50. The van der Waals surface area contributed by atoms with Crippen LogP contribution in [-0.4, -0.2) is 105 Å². The second-order valence-electron chi connectivity index (χ2n) is 11.7. The molecular weight excluding hydrogens is 668 g/mol. The maximum atomic E-state index is 13.5. The Hall–Kier alpha value is -5.91. The topological polar surface area (TPSA) is 209 Å². The Labute approximate surface area is 292 Å². The molecule has 0 saturated carbocycles. The summed E-state index contributed by atoms with van der Waals surface area (Å²) in [4.78, 5) is 75.2. The van der Waals surface area contributed by atoms with E-state index in [1.807, 2.05) is 0 Å². The summed E-state index contributed by atoms with van der Waals surface area (Å²) in [5, 5.41) is 16.5. The fraction of sp³-hybridized carbons (Fsp3) is 0.424. The van der Waals surface area contributed by atoms with Gasteiger partial charge in [0.1, 0.15) is 6.61 Å². The Morgan fingerprint density at radius 2 is 1.75 bits per heavy atom. The Kier molecular flexibility index (Phi) is 11.2. The number of esters is 1. The average molecular weight is 709 g/mol. The third kappa shape index (κ3) is 7.80. The first-order valence-corrected chi connectivity index (χ1v) is 16.2. The van der Waals surface area contributed by atoms with Crippen molar-refractivity contribution in [2.24, 2.45) is 14.1 Å². The molecule has 0 radical (unpaired) electrons. The number of aliphatic hydroxyl groups is 1. The molecule has 2 aliphatic heterocycles. The molecule has 1 saturated heterocycles. The number of carbonyl (C=O) groups is 5. The monoisotopic (exact) mass is 708 g/mol. The highest BCUT2D eigenvalue weighted by Gasteiger charge is 2.45. The van der Waals surface area contributed by atoms with Crippen LogP contribution in [-0.2, 0) is 28.4 Å². The van der Waals surface area contributed by atoms with Gasteiger partial charge in [-0.1, -0.05) is 12.7 Å². The van der Waals surface area contributed by atoms with Crippen LogP contribution >= 0.6 is 0 Å². The molecule has 2 aliphatic rings. The van der Waals surface area contributed by atoms with Gasteiger partial charge in [0.2, 0.25) is 17.6 Å². The van der Waals surface area contributed by atoms with Crippen LogP contribution in [0.2, 0.25) is 0 Å². The summed E-state index contributed by atoms with van der Waals surface area (Å²) in [6, 6.07) is 2.28. The van der Waals surface area contributed by atoms with Gasteiger partial charge >= 0.3 is 12.1 Å². The van der Waals surface area contributed by atoms with Gasteiger partial charge in [0.05, 0.1) is 37.6 Å². The van der Waals surface area contributed by atoms with Crippen LogP contribution < -0.4 is 25.0 Å². The number of carbonyl (C=O) groups excluding carboxylic acids is 5. The summed E-state index contributed by atoms with van der Waals surface area (Å²) in [5.41, 5.74) is 0.240. The highest BCUT2D eigenvalue weighted by atomic mass is 16.6. The molecule has 1 fully saturated rings. The molecule has 0 bridgehead atoms. The molecular formula is C33H40N8O10. The number of rotatable bonds is 13. The summed E-state index contributed by atoms with van der Waals surface area (Å²) in [7, 11) is 4.58. The van der Waals surface area contributed by atoms with Gasteiger partial charge in [-0.15, -0.1) is 0 Å². The van der Waals surface area contributed by atoms with Gasteiger partial charge in [0, 0.05) is 45.5 Å². The largest absolute Gasteiger partial charge is 0.493 e. The summed E-state index contributed by atoms with van der Waals surface area (Å²) >= 11 is 0. The van der Waals surface area contributed by atoms with Crippen molar-refractivity contribution < 1.29 is 48.0 Å². The maximum absolute atomic E-state index is 13.5. The number of fused-ring (bicyclic) bond motifs is 2. The SMILES string of the molecule is C=CCOC(=O)N1c2cc(OCCCC(=O)Nc3cn(C)c(C(=O)Nc4cn(C)c(C(=O)OCC)n4)n3)c(OC)cc2C(=O)N2CCC[C@H]2C1O. The van der Waals surface area contributed by atoms with E-state index in [2.05, 4.69) is 27.2 Å². The fourth-order valence-electron chi connectivity index (χ4n) is 5.86. The number of nitrogens with zero attached hydrogens (tertiary/aromatic N) is 6. The number of hydrogen-bond donors (Lipinski definition) is 3. The van der Waals surface area contributed by atoms with E-state index in [1.165, 1.54) is 46.8 Å². The van der Waals surface area contributed by atoms with E-state index in [1.54, 1.807) is 25.9 Å². The predicted octanol–water partition coefficient (Wildman–Crippen LogP) is 2.45. The molecule has 2 aromatic heterocycles. The third-order valence-corrected chi connectivity index (χ3v) is 8.19. The first kappa shape index (κ1) is 36.4. The van der Waals surface area contributed by atoms with Gasteiger partial charge in [-0.2, -0.15) is 0 Å². The maximum Gasteiger partial charge on any atom is 0.416 e. The number of aliphatic hydroxyl groups excluding tert-OH is 1. The van der Waals surface area contributed by atoms with E-state index in [0.717, 1.165) is 4.90 Å². The molecule has 4 heterocycles. The summed E-state index contributed by atoms with van der Waals surface area (Å²) in [6.07, 6.45) is 3.55. The van der Waals surface area contributed by atoms with Crippen LogP contribution in [0.25, 0.3) is 0 Å². The molecule has 4 amide bonds. The zero-order valence-electron chi connectivity index (χ0n) is 28.7. The number of imidazole rings is 2. The molecule has 18 nitrogen and oxygen atoms in total. The number of ether oxygens (including phenoxy) is 4. The van der Waals surface area contributed by atoms with Gasteiger partial charge in [-0.05, 0) is 32.3 Å². The molecule has 0 aliphatic carbocycles. The molecule has 272 valence electrons. The van der Waals surface area contributed by atoms with E-state index >= 15 is 0 Å². The first-order chi connectivity index (χ1) is 24.5. The average Bonchev–Trinajstić information content (AvgIpc) is 3.82. The van der Waals surface area contributed by atoms with Crippen LogP contribution in [0.1, 0.15) is 64.2 Å². The van der Waals surface area contributed by atoms with E-state index in [0.29, 0.717) is 19.4 Å². The Bertz CT molecular complexity index is 1840. The van der Waals surface area contributed by atoms with Crippen molar-refractivity contribution in [3.8, 4) is 11.5 Å². The van der Waals surface area contributed by atoms with Gasteiger partial charge in [-0.25, -0.2) is 24.5 Å². The summed E-state index contributed by atoms with van der Waals surface area (Å²) < 4.78 is 24.5. The van der Waals surface area contributed by atoms with Crippen molar-refractivity contribution in [3.63, 3.8) is 0 Å². The van der Waals surface area contributed by atoms with E-state index in [-0.39, 0.29) is 84.6 Å². The number of nitrogens with one attached hydrogen (secondary N) is 2. The highest BCUT2D eigenvalue weighted by molar-refractivity contribution is 6.06. The van der Waals surface area contributed by atoms with Gasteiger partial charge in [0.25, 0.3) is 11.8 Å². The molecule has 2 atom stereocenters. The van der Waals surface area contributed by atoms with Crippen LogP contribution in [0.4, 0.5) is 22.1 Å². The van der Waals surface area contributed by atoms with Crippen molar-refractivity contribution >= 4 is 47.1 Å². The quantitative estimate of drug-likeness (QED) is 0.133. The molecule has 1 unspecified atom stereocenters. The lowest BCUT2D eigenvalue weighted by Gasteiger charge is -2.31. The van der Waals surface area contributed by atoms with Crippen LogP contribution in [0.3, 0.4) is 0 Å². The van der Waals surface area contributed by atoms with Crippen molar-refractivity contribution in [3.05, 3.63) is 54.4 Å². The van der Waals surface area contributed by atoms with Gasteiger partial charge in [0.15, 0.2) is 29.4 Å². The number of anilines is 3. The number of hydrogen-bond acceptors (Lipinski definition) is 12. The lowest BCUT2D eigenvalue weighted by atomic mass is 10.1. The first-order valence-electron chi connectivity index (χ1n) is 16.2. The van der Waals surface area contributed by atoms with Crippen molar-refractivity contribution in [1.29, 1.82) is 0 Å². The van der Waals surface area contributed by atoms with Crippen molar-refractivity contribution in [2.45, 2.75) is 44.9 Å². The number of benzene rings is 1. The number of aryl methyl sites for hydroxylation is 2. The van der Waals surface area contributed by atoms with Crippen molar-refractivity contribution in [2.75, 3.05) is 49.0 Å². The van der Waals surface area contributed by atoms with Crippen molar-refractivity contribution in [1.82, 2.24) is 24.0 Å². The number of amides is 4. The molecule has 51 heavy (non-hydrogen) atoms. The standard InChI is InChI=1S/C33H40N8O10/c1-6-13-51-33(47)41-21-16-23(22(48-5)15-19(21)30(44)40-12-8-10-20(40)31(41)45)50-14-9-11-26(42)34-24-17-38(3)27(35-24)29(43)37-25-18-39(4)28(36-25)32(46)49-7-2/h6,15-18,20,31,45H,1,7-14H2,2-5H3,(H,34,42)(H,37,43)/t20-,31?/m0/s1. The van der Waals surface area contributed by atoms with Crippen LogP contribution in [0.15, 0.2) is 37.2 Å². The normalized spacial score (nSPS) is 16.5. The Balaban J connectivity index is 1.21. The molecule has 18 heteroatoms. The third-order valence-electron chi connectivity index (χ3n) is 8.19. The Morgan fingerprint density at radius 3 is 2.45 bits per heavy atom. The predicted molar refractivity (Wildman–Crippen MR) is 181 cm³/mol. The second kappa shape index (κ2) is 15.8. The Morgan fingerprint density at radius 1 is 1.04 bits per heavy atom. The number of methoxy groups -OCH3 is 1. The minimum absolute atomic E-state index is 0.0151. The van der Waals surface area contributed by atoms with Gasteiger partial charge in [-0.3, -0.25) is 14.4 Å². The molecule has 3 aromatic rings. The molecule has 1 aromatic carbocycles. The summed E-state index contributed by atoms with van der Waals surface area (Å²) in [6.45, 7) is 5.77. The second-order valence-corrected chi connectivity index (χ2v) is 11.7. The van der Waals surface area contributed by atoms with E-state index in [9.17, 15) is 29.1 Å². The highest BCUT2D eigenvalue weighted by Crippen LogP contribution is 2.41. The summed E-state index contributed by atoms with van der Waals surface area (Å²) in [5.74, 6) is -1.33. The van der Waals surface area contributed by atoms with E-state index in [4.69, 9.17) is 18.9 Å². The lowest BCUT2D eigenvalue weighted by molar-refractivity contribution is -0.116.